The van der Waals surface area contributed by atoms with E-state index in [0.717, 1.165) is 39.0 Å². The number of benzene rings is 1. The van der Waals surface area contributed by atoms with Crippen molar-refractivity contribution in [1.29, 1.82) is 5.26 Å². The molecule has 23 heavy (non-hydrogen) atoms. The molecule has 1 heterocycles. The van der Waals surface area contributed by atoms with Gasteiger partial charge in [0.1, 0.15) is 0 Å². The van der Waals surface area contributed by atoms with Gasteiger partial charge in [-0.05, 0) is 44.0 Å². The first kappa shape index (κ1) is 24.7. The molecule has 4 nitrogen and oxygen atoms in total. The van der Waals surface area contributed by atoms with Crippen molar-refractivity contribution in [3.63, 3.8) is 0 Å². The minimum Gasteiger partial charge on any atom is -0.327 e. The van der Waals surface area contributed by atoms with Crippen LogP contribution in [0.15, 0.2) is 24.3 Å². The predicted molar refractivity (Wildman–Crippen MR) is 103 cm³/mol. The molecular formula is C16H27Cl3N4. The summed E-state index contributed by atoms with van der Waals surface area (Å²) in [5.74, 6) is 0. The van der Waals surface area contributed by atoms with Crippen molar-refractivity contribution in [3.05, 3.63) is 35.4 Å². The van der Waals surface area contributed by atoms with Crippen LogP contribution in [0.25, 0.3) is 0 Å². The topological polar surface area (TPSA) is 65.1 Å². The average Bonchev–Trinajstić information content (AvgIpc) is 2.46. The van der Waals surface area contributed by atoms with Crippen molar-refractivity contribution < 1.29 is 0 Å². The average molecular weight is 382 g/mol. The summed E-state index contributed by atoms with van der Waals surface area (Å²) in [6.45, 7) is 6.61. The van der Waals surface area contributed by atoms with E-state index in [1.54, 1.807) is 0 Å². The summed E-state index contributed by atoms with van der Waals surface area (Å²) in [5, 5.41) is 12.2. The van der Waals surface area contributed by atoms with Gasteiger partial charge in [0.05, 0.1) is 11.6 Å². The van der Waals surface area contributed by atoms with Crippen LogP contribution >= 0.6 is 37.2 Å². The maximum atomic E-state index is 8.77. The fraction of sp³-hybridized carbons (Fsp3) is 0.562. The first-order valence-corrected chi connectivity index (χ1v) is 7.37. The van der Waals surface area contributed by atoms with Crippen molar-refractivity contribution in [3.8, 4) is 6.07 Å². The minimum atomic E-state index is 0. The molecule has 1 aromatic carbocycles. The SMILES string of the molecule is C[C@H]1CN(CC[C@H](N)Cc2ccc(C#N)cc2)CCN1.Cl.Cl.Cl. The van der Waals surface area contributed by atoms with Crippen LogP contribution in [-0.4, -0.2) is 43.2 Å². The highest BCUT2D eigenvalue weighted by Gasteiger charge is 2.16. The Labute approximate surface area is 158 Å². The van der Waals surface area contributed by atoms with Gasteiger partial charge in [-0.25, -0.2) is 0 Å². The number of nitrogens with two attached hydrogens (primary N) is 1. The molecule has 2 rings (SSSR count). The van der Waals surface area contributed by atoms with Crippen LogP contribution in [0.1, 0.15) is 24.5 Å². The van der Waals surface area contributed by atoms with Crippen molar-refractivity contribution in [1.82, 2.24) is 10.2 Å². The van der Waals surface area contributed by atoms with E-state index in [1.807, 2.05) is 24.3 Å². The molecule has 1 aliphatic rings. The third kappa shape index (κ3) is 8.76. The normalized spacial score (nSPS) is 18.6. The maximum Gasteiger partial charge on any atom is 0.0991 e. The lowest BCUT2D eigenvalue weighted by Crippen LogP contribution is -2.50. The molecule has 1 aliphatic heterocycles. The van der Waals surface area contributed by atoms with Gasteiger partial charge >= 0.3 is 0 Å². The number of hydrogen-bond donors (Lipinski definition) is 2. The lowest BCUT2D eigenvalue weighted by Gasteiger charge is -2.32. The van der Waals surface area contributed by atoms with Crippen molar-refractivity contribution in [2.45, 2.75) is 31.8 Å². The van der Waals surface area contributed by atoms with Gasteiger partial charge in [-0.2, -0.15) is 5.26 Å². The van der Waals surface area contributed by atoms with E-state index in [0.29, 0.717) is 11.6 Å². The number of rotatable bonds is 5. The number of piperazine rings is 1. The molecule has 2 atom stereocenters. The molecule has 0 amide bonds. The largest absolute Gasteiger partial charge is 0.327 e. The Balaban J connectivity index is 0. The third-order valence-electron chi connectivity index (χ3n) is 3.85. The molecule has 7 heteroatoms. The zero-order valence-corrected chi connectivity index (χ0v) is 15.9. The van der Waals surface area contributed by atoms with Crippen LogP contribution in [0.3, 0.4) is 0 Å². The van der Waals surface area contributed by atoms with Gasteiger partial charge < -0.3 is 16.0 Å². The first-order chi connectivity index (χ1) is 9.67. The van der Waals surface area contributed by atoms with Crippen molar-refractivity contribution >= 4 is 37.2 Å². The molecule has 132 valence electrons. The Bertz CT molecular complexity index is 461. The summed E-state index contributed by atoms with van der Waals surface area (Å²) in [7, 11) is 0. The molecular weight excluding hydrogens is 355 g/mol. The quantitative estimate of drug-likeness (QED) is 0.822. The summed E-state index contributed by atoms with van der Waals surface area (Å²) in [4.78, 5) is 2.49. The maximum absolute atomic E-state index is 8.77. The van der Waals surface area contributed by atoms with Crippen LogP contribution in [0, 0.1) is 11.3 Å². The molecule has 0 spiro atoms. The molecule has 0 saturated carbocycles. The molecule has 0 unspecified atom stereocenters. The number of hydrogen-bond acceptors (Lipinski definition) is 4. The second-order valence-electron chi connectivity index (χ2n) is 5.72. The van der Waals surface area contributed by atoms with Crippen LogP contribution in [0.4, 0.5) is 0 Å². The monoisotopic (exact) mass is 380 g/mol. The van der Waals surface area contributed by atoms with E-state index in [4.69, 9.17) is 11.0 Å². The molecule has 1 aromatic rings. The summed E-state index contributed by atoms with van der Waals surface area (Å²) < 4.78 is 0. The molecule has 0 aliphatic carbocycles. The lowest BCUT2D eigenvalue weighted by atomic mass is 10.0. The number of halogens is 3. The van der Waals surface area contributed by atoms with E-state index in [9.17, 15) is 0 Å². The molecule has 3 N–H and O–H groups in total. The van der Waals surface area contributed by atoms with Gasteiger partial charge in [0.2, 0.25) is 0 Å². The second kappa shape index (κ2) is 12.8. The Morgan fingerprint density at radius 3 is 2.52 bits per heavy atom. The van der Waals surface area contributed by atoms with Crippen molar-refractivity contribution in [2.75, 3.05) is 26.2 Å². The van der Waals surface area contributed by atoms with Crippen LogP contribution in [0.2, 0.25) is 0 Å². The zero-order valence-electron chi connectivity index (χ0n) is 13.4. The fourth-order valence-electron chi connectivity index (χ4n) is 2.68. The van der Waals surface area contributed by atoms with Crippen LogP contribution in [0.5, 0.6) is 0 Å². The van der Waals surface area contributed by atoms with Gasteiger partial charge in [0, 0.05) is 31.7 Å². The van der Waals surface area contributed by atoms with E-state index in [-0.39, 0.29) is 43.3 Å². The molecule has 0 bridgehead atoms. The Kier molecular flexibility index (Phi) is 13.8. The van der Waals surface area contributed by atoms with Crippen LogP contribution < -0.4 is 11.1 Å². The van der Waals surface area contributed by atoms with E-state index >= 15 is 0 Å². The number of nitrogens with one attached hydrogen (secondary N) is 1. The molecule has 0 radical (unpaired) electrons. The Morgan fingerprint density at radius 2 is 1.96 bits per heavy atom. The fourth-order valence-corrected chi connectivity index (χ4v) is 2.68. The van der Waals surface area contributed by atoms with Gasteiger partial charge in [0.25, 0.3) is 0 Å². The predicted octanol–water partition coefficient (Wildman–Crippen LogP) is 2.38. The lowest BCUT2D eigenvalue weighted by molar-refractivity contribution is 0.200. The summed E-state index contributed by atoms with van der Waals surface area (Å²) in [5.41, 5.74) is 8.14. The Hall–Kier alpha value is -0.540. The van der Waals surface area contributed by atoms with Crippen LogP contribution in [-0.2, 0) is 6.42 Å². The third-order valence-corrected chi connectivity index (χ3v) is 3.85. The summed E-state index contributed by atoms with van der Waals surface area (Å²) in [6, 6.07) is 10.6. The van der Waals surface area contributed by atoms with Crippen molar-refractivity contribution in [2.24, 2.45) is 5.73 Å². The van der Waals surface area contributed by atoms with Gasteiger partial charge in [0.15, 0.2) is 0 Å². The first-order valence-electron chi connectivity index (χ1n) is 7.37. The summed E-state index contributed by atoms with van der Waals surface area (Å²) >= 11 is 0. The van der Waals surface area contributed by atoms with Gasteiger partial charge in [-0.1, -0.05) is 12.1 Å². The van der Waals surface area contributed by atoms with E-state index in [2.05, 4.69) is 23.2 Å². The smallest absolute Gasteiger partial charge is 0.0991 e. The highest BCUT2D eigenvalue weighted by Crippen LogP contribution is 2.08. The number of nitriles is 1. The summed E-state index contributed by atoms with van der Waals surface area (Å²) in [6.07, 6.45) is 1.90. The Morgan fingerprint density at radius 1 is 1.30 bits per heavy atom. The second-order valence-corrected chi connectivity index (χ2v) is 5.72. The molecule has 1 fully saturated rings. The van der Waals surface area contributed by atoms with E-state index < -0.39 is 0 Å². The van der Waals surface area contributed by atoms with E-state index in [1.165, 1.54) is 5.56 Å². The highest BCUT2D eigenvalue weighted by molar-refractivity contribution is 5.86. The molecule has 1 saturated heterocycles. The van der Waals surface area contributed by atoms with Gasteiger partial charge in [-0.15, -0.1) is 37.2 Å². The standard InChI is InChI=1S/C16H24N4.3ClH/c1-13-12-20(9-7-19-13)8-6-16(18)10-14-2-4-15(11-17)5-3-14;;;/h2-5,13,16,19H,6-10,12,18H2,1H3;3*1H/t13-,16-;;;/m0.../s1. The number of nitrogens with zero attached hydrogens (tertiary/aromatic N) is 2. The molecule has 0 aromatic heterocycles. The minimum absolute atomic E-state index is 0. The highest BCUT2D eigenvalue weighted by atomic mass is 35.5. The zero-order chi connectivity index (χ0) is 14.4. The van der Waals surface area contributed by atoms with Gasteiger partial charge in [-0.3, -0.25) is 0 Å².